The molecule has 0 aliphatic carbocycles. The molecule has 0 saturated carbocycles. The highest BCUT2D eigenvalue weighted by molar-refractivity contribution is 6.31. The second-order valence-corrected chi connectivity index (χ2v) is 6.01. The van der Waals surface area contributed by atoms with E-state index in [1.165, 1.54) is 0 Å². The Morgan fingerprint density at radius 2 is 1.71 bits per heavy atom. The Kier molecular flexibility index (Phi) is 5.99. The Hall–Kier alpha value is -2.33. The summed E-state index contributed by atoms with van der Waals surface area (Å²) in [6.45, 7) is 5.09. The average Bonchev–Trinajstić information content (AvgIpc) is 2.53. The second kappa shape index (κ2) is 7.97. The smallest absolute Gasteiger partial charge is 0.344 e. The lowest BCUT2D eigenvalue weighted by atomic mass is 10.0. The molecule has 0 bridgehead atoms. The predicted octanol–water partition coefficient (Wildman–Crippen LogP) is 4.07. The third-order valence-electron chi connectivity index (χ3n) is 3.53. The zero-order valence-electron chi connectivity index (χ0n) is 13.9. The molecule has 0 saturated heterocycles. The van der Waals surface area contributed by atoms with Crippen LogP contribution in [0.4, 0.5) is 0 Å². The highest BCUT2D eigenvalue weighted by Crippen LogP contribution is 2.21. The minimum absolute atomic E-state index is 0.233. The van der Waals surface area contributed by atoms with E-state index in [1.54, 1.807) is 24.3 Å². The van der Waals surface area contributed by atoms with Crippen LogP contribution in [0.1, 0.15) is 27.0 Å². The van der Waals surface area contributed by atoms with Crippen molar-refractivity contribution in [1.82, 2.24) is 0 Å². The minimum atomic E-state index is -0.597. The number of hydrogen-bond donors (Lipinski definition) is 0. The molecule has 0 spiro atoms. The summed E-state index contributed by atoms with van der Waals surface area (Å²) >= 11 is 5.92. The van der Waals surface area contributed by atoms with Gasteiger partial charge < -0.3 is 9.47 Å². The molecule has 0 radical (unpaired) electrons. The quantitative estimate of drug-likeness (QED) is 0.584. The molecule has 5 heteroatoms. The molecule has 2 rings (SSSR count). The van der Waals surface area contributed by atoms with Gasteiger partial charge in [-0.3, -0.25) is 4.79 Å². The van der Waals surface area contributed by atoms with Crippen LogP contribution in [0.2, 0.25) is 5.02 Å². The lowest BCUT2D eigenvalue weighted by Crippen LogP contribution is -2.20. The number of carbonyl (C=O) groups is 2. The van der Waals surface area contributed by atoms with Crippen LogP contribution in [-0.2, 0) is 9.53 Å². The second-order valence-electron chi connectivity index (χ2n) is 5.60. The number of carbonyl (C=O) groups excluding carboxylic acids is 2. The summed E-state index contributed by atoms with van der Waals surface area (Å²) in [5.41, 5.74) is 3.35. The van der Waals surface area contributed by atoms with Gasteiger partial charge in [0.1, 0.15) is 5.75 Å². The van der Waals surface area contributed by atoms with Gasteiger partial charge in [-0.25, -0.2) is 4.79 Å². The van der Waals surface area contributed by atoms with Crippen molar-refractivity contribution in [2.24, 2.45) is 0 Å². The Morgan fingerprint density at radius 3 is 2.38 bits per heavy atom. The zero-order valence-corrected chi connectivity index (χ0v) is 14.6. The van der Waals surface area contributed by atoms with Gasteiger partial charge in [-0.15, -0.1) is 0 Å². The maximum Gasteiger partial charge on any atom is 0.344 e. The molecule has 2 aromatic rings. The number of hydrogen-bond acceptors (Lipinski definition) is 4. The lowest BCUT2D eigenvalue weighted by molar-refractivity contribution is -0.144. The van der Waals surface area contributed by atoms with Crippen LogP contribution in [-0.4, -0.2) is 25.0 Å². The third-order valence-corrected chi connectivity index (χ3v) is 3.96. The van der Waals surface area contributed by atoms with Gasteiger partial charge >= 0.3 is 5.97 Å². The molecule has 0 fully saturated rings. The average molecular weight is 347 g/mol. The monoisotopic (exact) mass is 346 g/mol. The first-order chi connectivity index (χ1) is 11.4. The molecule has 0 N–H and O–H groups in total. The number of ether oxygens (including phenoxy) is 2. The SMILES string of the molecule is Cc1ccc(C(=O)COC(=O)COc2ccc(Cl)c(C)c2)c(C)c1. The van der Waals surface area contributed by atoms with Gasteiger partial charge in [0.05, 0.1) is 0 Å². The van der Waals surface area contributed by atoms with Crippen molar-refractivity contribution in [1.29, 1.82) is 0 Å². The largest absolute Gasteiger partial charge is 0.482 e. The summed E-state index contributed by atoms with van der Waals surface area (Å²) in [5, 5.41) is 0.629. The Balaban J connectivity index is 1.84. The number of rotatable bonds is 6. The molecule has 0 aliphatic rings. The van der Waals surface area contributed by atoms with Gasteiger partial charge in [0.15, 0.2) is 13.2 Å². The van der Waals surface area contributed by atoms with Crippen LogP contribution < -0.4 is 4.74 Å². The van der Waals surface area contributed by atoms with Gasteiger partial charge in [-0.05, 0) is 50.1 Å². The number of halogens is 1. The van der Waals surface area contributed by atoms with Gasteiger partial charge in [-0.1, -0.05) is 35.4 Å². The fourth-order valence-electron chi connectivity index (χ4n) is 2.24. The van der Waals surface area contributed by atoms with Crippen molar-refractivity contribution in [3.63, 3.8) is 0 Å². The van der Waals surface area contributed by atoms with Crippen LogP contribution in [0.15, 0.2) is 36.4 Å². The summed E-state index contributed by atoms with van der Waals surface area (Å²) < 4.78 is 10.3. The van der Waals surface area contributed by atoms with E-state index in [4.69, 9.17) is 21.1 Å². The topological polar surface area (TPSA) is 52.6 Å². The van der Waals surface area contributed by atoms with E-state index in [0.29, 0.717) is 16.3 Å². The first kappa shape index (κ1) is 18.0. The molecule has 2 aromatic carbocycles. The highest BCUT2D eigenvalue weighted by Gasteiger charge is 2.13. The predicted molar refractivity (Wildman–Crippen MR) is 92.9 cm³/mol. The maximum atomic E-state index is 12.1. The highest BCUT2D eigenvalue weighted by atomic mass is 35.5. The lowest BCUT2D eigenvalue weighted by Gasteiger charge is -2.09. The van der Waals surface area contributed by atoms with Crippen molar-refractivity contribution in [2.45, 2.75) is 20.8 Å². The summed E-state index contributed by atoms with van der Waals surface area (Å²) in [4.78, 5) is 23.8. The van der Waals surface area contributed by atoms with Crippen molar-refractivity contribution in [2.75, 3.05) is 13.2 Å². The van der Waals surface area contributed by atoms with Crippen LogP contribution in [0.5, 0.6) is 5.75 Å². The van der Waals surface area contributed by atoms with E-state index in [1.807, 2.05) is 32.9 Å². The summed E-state index contributed by atoms with van der Waals surface area (Å²) in [5.74, 6) is -0.307. The molecule has 0 unspecified atom stereocenters. The molecular formula is C19H19ClO4. The molecule has 0 aromatic heterocycles. The van der Waals surface area contributed by atoms with E-state index in [-0.39, 0.29) is 19.0 Å². The Morgan fingerprint density at radius 1 is 0.958 bits per heavy atom. The Labute approximate surface area is 146 Å². The number of benzene rings is 2. The number of ketones is 1. The molecule has 0 aliphatic heterocycles. The summed E-state index contributed by atoms with van der Waals surface area (Å²) in [7, 11) is 0. The molecule has 4 nitrogen and oxygen atoms in total. The molecular weight excluding hydrogens is 328 g/mol. The Bertz CT molecular complexity index is 768. The van der Waals surface area contributed by atoms with E-state index < -0.39 is 5.97 Å². The van der Waals surface area contributed by atoms with Crippen LogP contribution in [0, 0.1) is 20.8 Å². The van der Waals surface area contributed by atoms with E-state index in [2.05, 4.69) is 0 Å². The molecule has 24 heavy (non-hydrogen) atoms. The van der Waals surface area contributed by atoms with E-state index >= 15 is 0 Å². The fraction of sp³-hybridized carbons (Fsp3) is 0.263. The van der Waals surface area contributed by atoms with Crippen LogP contribution >= 0.6 is 11.6 Å². The molecule has 0 amide bonds. The van der Waals surface area contributed by atoms with Gasteiger partial charge in [0.25, 0.3) is 0 Å². The van der Waals surface area contributed by atoms with E-state index in [9.17, 15) is 9.59 Å². The molecule has 0 atom stereocenters. The summed E-state index contributed by atoms with van der Waals surface area (Å²) in [6.07, 6.45) is 0. The van der Waals surface area contributed by atoms with Crippen molar-refractivity contribution in [3.05, 3.63) is 63.7 Å². The third kappa shape index (κ3) is 4.83. The molecule has 126 valence electrons. The summed E-state index contributed by atoms with van der Waals surface area (Å²) in [6, 6.07) is 10.6. The first-order valence-electron chi connectivity index (χ1n) is 7.52. The van der Waals surface area contributed by atoms with Crippen molar-refractivity contribution < 1.29 is 19.1 Å². The minimum Gasteiger partial charge on any atom is -0.482 e. The van der Waals surface area contributed by atoms with Gasteiger partial charge in [0, 0.05) is 10.6 Å². The maximum absolute atomic E-state index is 12.1. The van der Waals surface area contributed by atoms with Crippen molar-refractivity contribution in [3.8, 4) is 5.75 Å². The normalized spacial score (nSPS) is 10.3. The zero-order chi connectivity index (χ0) is 17.7. The number of esters is 1. The number of aryl methyl sites for hydroxylation is 3. The first-order valence-corrected chi connectivity index (χ1v) is 7.89. The number of Topliss-reactive ketones (excluding diaryl/α,β-unsaturated/α-hetero) is 1. The van der Waals surface area contributed by atoms with Gasteiger partial charge in [0.2, 0.25) is 5.78 Å². The van der Waals surface area contributed by atoms with Gasteiger partial charge in [-0.2, -0.15) is 0 Å². The standard InChI is InChI=1S/C19H19ClO4/c1-12-4-6-16(13(2)8-12)18(21)10-24-19(22)11-23-15-5-7-17(20)14(3)9-15/h4-9H,10-11H2,1-3H3. The fourth-order valence-corrected chi connectivity index (χ4v) is 2.36. The van der Waals surface area contributed by atoms with E-state index in [0.717, 1.165) is 16.7 Å². The van der Waals surface area contributed by atoms with Crippen molar-refractivity contribution >= 4 is 23.4 Å². The molecule has 0 heterocycles. The van der Waals surface area contributed by atoms with Crippen LogP contribution in [0.3, 0.4) is 0 Å². The van der Waals surface area contributed by atoms with Crippen LogP contribution in [0.25, 0.3) is 0 Å².